The number of hydrogen-bond donors (Lipinski definition) is 1. The second kappa shape index (κ2) is 5.96. The van der Waals surface area contributed by atoms with E-state index in [4.69, 9.17) is 32.5 Å². The van der Waals surface area contributed by atoms with Crippen LogP contribution in [0.2, 0.25) is 10.2 Å². The second-order valence-electron chi connectivity index (χ2n) is 3.39. The highest BCUT2D eigenvalue weighted by Crippen LogP contribution is 2.25. The molecule has 0 atom stereocenters. The van der Waals surface area contributed by atoms with Crippen LogP contribution in [-0.4, -0.2) is 28.1 Å². The summed E-state index contributed by atoms with van der Waals surface area (Å²) in [7, 11) is 1.50. The SMILES string of the molecule is COCc1cc(C(=O)Nc2ncnc(Cl)c2Cl)no1. The molecule has 0 aliphatic carbocycles. The first-order chi connectivity index (χ1) is 9.11. The number of nitrogens with zero attached hydrogens (tertiary/aromatic N) is 3. The zero-order chi connectivity index (χ0) is 13.8. The van der Waals surface area contributed by atoms with Crippen molar-refractivity contribution in [1.82, 2.24) is 15.1 Å². The Hall–Kier alpha value is -1.70. The molecule has 0 bridgehead atoms. The minimum atomic E-state index is -0.525. The van der Waals surface area contributed by atoms with Gasteiger partial charge in [0.1, 0.15) is 18.0 Å². The molecule has 0 fully saturated rings. The van der Waals surface area contributed by atoms with Crippen LogP contribution >= 0.6 is 23.2 Å². The summed E-state index contributed by atoms with van der Waals surface area (Å²) >= 11 is 11.5. The fourth-order valence-corrected chi connectivity index (χ4v) is 1.52. The van der Waals surface area contributed by atoms with E-state index in [2.05, 4.69) is 20.4 Å². The largest absolute Gasteiger partial charge is 0.377 e. The predicted octanol–water partition coefficient (Wildman–Crippen LogP) is 2.17. The van der Waals surface area contributed by atoms with Crippen LogP contribution in [0.4, 0.5) is 5.82 Å². The molecule has 0 spiro atoms. The van der Waals surface area contributed by atoms with Crippen LogP contribution < -0.4 is 5.32 Å². The van der Waals surface area contributed by atoms with E-state index in [1.54, 1.807) is 0 Å². The summed E-state index contributed by atoms with van der Waals surface area (Å²) in [5.41, 5.74) is 0.0813. The van der Waals surface area contributed by atoms with E-state index < -0.39 is 5.91 Å². The number of anilines is 1. The number of nitrogens with one attached hydrogen (secondary N) is 1. The van der Waals surface area contributed by atoms with E-state index in [1.807, 2.05) is 0 Å². The zero-order valence-corrected chi connectivity index (χ0v) is 11.2. The van der Waals surface area contributed by atoms with Gasteiger partial charge in [-0.25, -0.2) is 9.97 Å². The molecule has 9 heteroatoms. The topological polar surface area (TPSA) is 90.1 Å². The van der Waals surface area contributed by atoms with Crippen LogP contribution in [-0.2, 0) is 11.3 Å². The van der Waals surface area contributed by atoms with Gasteiger partial charge < -0.3 is 14.6 Å². The minimum absolute atomic E-state index is 0.0483. The van der Waals surface area contributed by atoms with E-state index in [-0.39, 0.29) is 28.3 Å². The zero-order valence-electron chi connectivity index (χ0n) is 9.68. The lowest BCUT2D eigenvalue weighted by Crippen LogP contribution is -2.14. The number of rotatable bonds is 4. The van der Waals surface area contributed by atoms with E-state index in [0.717, 1.165) is 0 Å². The van der Waals surface area contributed by atoms with E-state index >= 15 is 0 Å². The molecule has 2 aromatic heterocycles. The molecular weight excluding hydrogens is 295 g/mol. The van der Waals surface area contributed by atoms with Crippen molar-refractivity contribution in [2.45, 2.75) is 6.61 Å². The van der Waals surface area contributed by atoms with Crippen molar-refractivity contribution < 1.29 is 14.1 Å². The smallest absolute Gasteiger partial charge is 0.279 e. The fourth-order valence-electron chi connectivity index (χ4n) is 1.24. The molecule has 0 aliphatic rings. The summed E-state index contributed by atoms with van der Waals surface area (Å²) in [5.74, 6) is 0.00481. The van der Waals surface area contributed by atoms with Gasteiger partial charge >= 0.3 is 0 Å². The van der Waals surface area contributed by atoms with E-state index in [1.165, 1.54) is 19.5 Å². The average Bonchev–Trinajstić information content (AvgIpc) is 2.84. The summed E-state index contributed by atoms with van der Waals surface area (Å²) in [6.07, 6.45) is 1.18. The maximum absolute atomic E-state index is 11.9. The number of carbonyl (C=O) groups is 1. The number of halogens is 2. The van der Waals surface area contributed by atoms with Gasteiger partial charge in [-0.15, -0.1) is 0 Å². The number of amides is 1. The molecule has 100 valence electrons. The van der Waals surface area contributed by atoms with Crippen molar-refractivity contribution in [3.05, 3.63) is 34.0 Å². The van der Waals surface area contributed by atoms with Crippen LogP contribution in [0.1, 0.15) is 16.2 Å². The molecule has 0 aromatic carbocycles. The fraction of sp³-hybridized carbons (Fsp3) is 0.200. The standard InChI is InChI=1S/C10H8Cl2N4O3/c1-18-3-5-2-6(16-19-5)10(17)15-9-7(11)8(12)13-4-14-9/h2,4H,3H2,1H3,(H,13,14,15,17). The maximum Gasteiger partial charge on any atom is 0.279 e. The summed E-state index contributed by atoms with van der Waals surface area (Å²) < 4.78 is 9.74. The van der Waals surface area contributed by atoms with Gasteiger partial charge in [-0.1, -0.05) is 28.4 Å². The molecule has 0 radical (unpaired) electrons. The molecule has 1 amide bonds. The van der Waals surface area contributed by atoms with Crippen molar-refractivity contribution in [2.24, 2.45) is 0 Å². The molecule has 2 heterocycles. The minimum Gasteiger partial charge on any atom is -0.377 e. The summed E-state index contributed by atoms with van der Waals surface area (Å²) in [4.78, 5) is 19.3. The van der Waals surface area contributed by atoms with Gasteiger partial charge in [0.05, 0.1) is 0 Å². The van der Waals surface area contributed by atoms with Gasteiger partial charge in [-0.3, -0.25) is 4.79 Å². The third-order valence-corrected chi connectivity index (χ3v) is 2.80. The Bertz CT molecular complexity index is 602. The summed E-state index contributed by atoms with van der Waals surface area (Å²) in [6.45, 7) is 0.223. The van der Waals surface area contributed by atoms with Crippen LogP contribution in [0.3, 0.4) is 0 Å². The van der Waals surface area contributed by atoms with E-state index in [0.29, 0.717) is 5.76 Å². The molecule has 2 rings (SSSR count). The van der Waals surface area contributed by atoms with Gasteiger partial charge in [-0.05, 0) is 0 Å². The van der Waals surface area contributed by atoms with Gasteiger partial charge in [0, 0.05) is 13.2 Å². The number of carbonyl (C=O) groups excluding carboxylic acids is 1. The number of methoxy groups -OCH3 is 1. The molecule has 0 unspecified atom stereocenters. The predicted molar refractivity (Wildman–Crippen MR) is 67.2 cm³/mol. The Labute approximate surface area is 117 Å². The van der Waals surface area contributed by atoms with Gasteiger partial charge in [-0.2, -0.15) is 0 Å². The lowest BCUT2D eigenvalue weighted by Gasteiger charge is -2.03. The Balaban J connectivity index is 2.14. The highest BCUT2D eigenvalue weighted by molar-refractivity contribution is 6.43. The van der Waals surface area contributed by atoms with Crippen molar-refractivity contribution in [3.8, 4) is 0 Å². The second-order valence-corrected chi connectivity index (χ2v) is 4.13. The molecule has 1 N–H and O–H groups in total. The number of ether oxygens (including phenoxy) is 1. The van der Waals surface area contributed by atoms with Crippen molar-refractivity contribution in [1.29, 1.82) is 0 Å². The third kappa shape index (κ3) is 3.19. The quantitative estimate of drug-likeness (QED) is 0.871. The normalized spacial score (nSPS) is 10.5. The molecule has 0 saturated carbocycles. The Kier molecular flexibility index (Phi) is 4.31. The van der Waals surface area contributed by atoms with E-state index in [9.17, 15) is 4.79 Å². The lowest BCUT2D eigenvalue weighted by molar-refractivity contribution is 0.101. The van der Waals surface area contributed by atoms with Gasteiger partial charge in [0.2, 0.25) is 0 Å². The lowest BCUT2D eigenvalue weighted by atomic mass is 10.3. The summed E-state index contributed by atoms with van der Waals surface area (Å²) in [6, 6.07) is 1.45. The maximum atomic E-state index is 11.9. The number of hydrogen-bond acceptors (Lipinski definition) is 6. The summed E-state index contributed by atoms with van der Waals surface area (Å²) in [5, 5.41) is 6.15. The van der Waals surface area contributed by atoms with Crippen LogP contribution in [0.15, 0.2) is 16.9 Å². The van der Waals surface area contributed by atoms with Crippen LogP contribution in [0, 0.1) is 0 Å². The van der Waals surface area contributed by atoms with Gasteiger partial charge in [0.25, 0.3) is 5.91 Å². The third-order valence-electron chi connectivity index (χ3n) is 2.06. The first kappa shape index (κ1) is 13.7. The Morgan fingerprint density at radius 1 is 1.47 bits per heavy atom. The number of aromatic nitrogens is 3. The van der Waals surface area contributed by atoms with Crippen LogP contribution in [0.5, 0.6) is 0 Å². The molecular formula is C10H8Cl2N4O3. The van der Waals surface area contributed by atoms with Crippen molar-refractivity contribution in [2.75, 3.05) is 12.4 Å². The molecule has 19 heavy (non-hydrogen) atoms. The Morgan fingerprint density at radius 3 is 3.00 bits per heavy atom. The highest BCUT2D eigenvalue weighted by Gasteiger charge is 2.16. The average molecular weight is 303 g/mol. The molecule has 7 nitrogen and oxygen atoms in total. The first-order valence-electron chi connectivity index (χ1n) is 5.03. The van der Waals surface area contributed by atoms with Crippen molar-refractivity contribution >= 4 is 34.9 Å². The molecule has 2 aromatic rings. The Morgan fingerprint density at radius 2 is 2.26 bits per heavy atom. The first-order valence-corrected chi connectivity index (χ1v) is 5.79. The molecule has 0 aliphatic heterocycles. The monoisotopic (exact) mass is 302 g/mol. The van der Waals surface area contributed by atoms with Crippen molar-refractivity contribution in [3.63, 3.8) is 0 Å². The molecule has 0 saturated heterocycles. The highest BCUT2D eigenvalue weighted by atomic mass is 35.5. The van der Waals surface area contributed by atoms with Crippen LogP contribution in [0.25, 0.3) is 0 Å². The van der Waals surface area contributed by atoms with Gasteiger partial charge in [0.15, 0.2) is 22.4 Å².